The van der Waals surface area contributed by atoms with Crippen molar-refractivity contribution in [3.63, 3.8) is 0 Å². The molecule has 0 bridgehead atoms. The summed E-state index contributed by atoms with van der Waals surface area (Å²) in [6.45, 7) is 13.9. The maximum absolute atomic E-state index is 12.8. The van der Waals surface area contributed by atoms with Crippen molar-refractivity contribution >= 4 is 11.9 Å². The number of aliphatic carboxylic acids is 1. The van der Waals surface area contributed by atoms with Gasteiger partial charge in [0, 0.05) is 18.4 Å². The molecule has 28 heavy (non-hydrogen) atoms. The Balaban J connectivity index is 2.12. The van der Waals surface area contributed by atoms with Gasteiger partial charge in [0.1, 0.15) is 11.3 Å². The fourth-order valence-corrected chi connectivity index (χ4v) is 3.64. The van der Waals surface area contributed by atoms with Gasteiger partial charge in [-0.2, -0.15) is 0 Å². The highest BCUT2D eigenvalue weighted by molar-refractivity contribution is 5.91. The number of hydrogen-bond donors (Lipinski definition) is 2. The lowest BCUT2D eigenvalue weighted by atomic mass is 9.54. The van der Waals surface area contributed by atoms with Gasteiger partial charge in [-0.1, -0.05) is 46.8 Å². The monoisotopic (exact) mass is 391 g/mol. The molecule has 3 atom stereocenters. The molecule has 6 nitrogen and oxygen atoms in total. The molecule has 0 aliphatic heterocycles. The third-order valence-electron chi connectivity index (χ3n) is 5.85. The van der Waals surface area contributed by atoms with Gasteiger partial charge in [0.05, 0.1) is 6.10 Å². The van der Waals surface area contributed by atoms with E-state index in [0.29, 0.717) is 12.4 Å². The molecule has 1 fully saturated rings. The summed E-state index contributed by atoms with van der Waals surface area (Å²) < 4.78 is 11.4. The highest BCUT2D eigenvalue weighted by Crippen LogP contribution is 2.51. The molecule has 0 saturated heterocycles. The van der Waals surface area contributed by atoms with E-state index in [1.54, 1.807) is 13.0 Å². The standard InChI is InChI=1S/C22H33NO5/c1-8-27-17-13-22(19(25)26,21(17,6)7)23-18(24)14(2)28-16-11-9-10-15(12-16)20(3,4)5/h9-12,14,17H,8,13H2,1-7H3,(H,23,24)(H,25,26). The number of carboxylic acid groups (broad SMARTS) is 1. The Kier molecular flexibility index (Phi) is 6.14. The van der Waals surface area contributed by atoms with Gasteiger partial charge in [0.25, 0.3) is 5.91 Å². The number of ether oxygens (including phenoxy) is 2. The van der Waals surface area contributed by atoms with Crippen molar-refractivity contribution in [3.05, 3.63) is 29.8 Å². The molecule has 2 N–H and O–H groups in total. The number of carbonyl (C=O) groups is 2. The molecule has 2 rings (SSSR count). The van der Waals surface area contributed by atoms with Crippen molar-refractivity contribution in [2.24, 2.45) is 5.41 Å². The van der Waals surface area contributed by atoms with Crippen LogP contribution in [0.5, 0.6) is 5.75 Å². The number of nitrogens with one attached hydrogen (secondary N) is 1. The smallest absolute Gasteiger partial charge is 0.330 e. The Morgan fingerprint density at radius 2 is 1.96 bits per heavy atom. The number of benzene rings is 1. The summed E-state index contributed by atoms with van der Waals surface area (Å²) in [7, 11) is 0. The maximum Gasteiger partial charge on any atom is 0.330 e. The Labute approximate surface area is 167 Å². The molecule has 6 heteroatoms. The molecule has 3 unspecified atom stereocenters. The topological polar surface area (TPSA) is 84.9 Å². The summed E-state index contributed by atoms with van der Waals surface area (Å²) in [5.74, 6) is -0.921. The molecule has 0 radical (unpaired) electrons. The van der Waals surface area contributed by atoms with Crippen molar-refractivity contribution in [3.8, 4) is 5.75 Å². The Hall–Kier alpha value is -2.08. The molecular weight excluding hydrogens is 358 g/mol. The van der Waals surface area contributed by atoms with Gasteiger partial charge in [-0.05, 0) is 37.0 Å². The molecule has 156 valence electrons. The third kappa shape index (κ3) is 4.02. The lowest BCUT2D eigenvalue weighted by Crippen LogP contribution is -2.76. The maximum atomic E-state index is 12.8. The molecule has 1 saturated carbocycles. The molecule has 0 heterocycles. The minimum Gasteiger partial charge on any atom is -0.481 e. The van der Waals surface area contributed by atoms with Crippen molar-refractivity contribution in [1.82, 2.24) is 5.32 Å². The van der Waals surface area contributed by atoms with E-state index in [2.05, 4.69) is 26.1 Å². The van der Waals surface area contributed by atoms with Gasteiger partial charge in [-0.3, -0.25) is 4.79 Å². The minimum atomic E-state index is -1.37. The fraction of sp³-hybridized carbons (Fsp3) is 0.636. The molecule has 1 aliphatic carbocycles. The van der Waals surface area contributed by atoms with Crippen LogP contribution in [0.3, 0.4) is 0 Å². The number of carbonyl (C=O) groups excluding carboxylic acids is 1. The molecule has 1 aromatic carbocycles. The number of amides is 1. The highest BCUT2D eigenvalue weighted by atomic mass is 16.5. The first-order chi connectivity index (χ1) is 12.8. The lowest BCUT2D eigenvalue weighted by Gasteiger charge is -2.58. The lowest BCUT2D eigenvalue weighted by molar-refractivity contribution is -0.195. The summed E-state index contributed by atoms with van der Waals surface area (Å²) in [6, 6.07) is 7.61. The van der Waals surface area contributed by atoms with E-state index in [0.717, 1.165) is 5.56 Å². The van der Waals surface area contributed by atoms with E-state index < -0.39 is 28.9 Å². The summed E-state index contributed by atoms with van der Waals surface area (Å²) in [4.78, 5) is 24.8. The first-order valence-electron chi connectivity index (χ1n) is 9.79. The van der Waals surface area contributed by atoms with Crippen LogP contribution in [0.15, 0.2) is 24.3 Å². The van der Waals surface area contributed by atoms with Crippen LogP contribution in [0.1, 0.15) is 60.5 Å². The second kappa shape index (κ2) is 7.74. The Morgan fingerprint density at radius 3 is 2.46 bits per heavy atom. The largest absolute Gasteiger partial charge is 0.481 e. The van der Waals surface area contributed by atoms with Crippen LogP contribution in [0.25, 0.3) is 0 Å². The predicted octanol–water partition coefficient (Wildman–Crippen LogP) is 3.53. The normalized spacial score (nSPS) is 24.8. The van der Waals surface area contributed by atoms with E-state index in [-0.39, 0.29) is 17.9 Å². The van der Waals surface area contributed by atoms with E-state index in [4.69, 9.17) is 9.47 Å². The summed E-state index contributed by atoms with van der Waals surface area (Å²) in [5.41, 5.74) is -1.03. The second-order valence-corrected chi connectivity index (χ2v) is 9.11. The molecular formula is C22H33NO5. The molecule has 0 aromatic heterocycles. The van der Waals surface area contributed by atoms with Gasteiger partial charge in [0.15, 0.2) is 6.10 Å². The molecule has 1 amide bonds. The summed E-state index contributed by atoms with van der Waals surface area (Å²) in [6.07, 6.45) is -0.803. The van der Waals surface area contributed by atoms with Crippen molar-refractivity contribution < 1.29 is 24.2 Å². The van der Waals surface area contributed by atoms with Gasteiger partial charge in [-0.15, -0.1) is 0 Å². The highest BCUT2D eigenvalue weighted by Gasteiger charge is 2.66. The van der Waals surface area contributed by atoms with Crippen molar-refractivity contribution in [2.75, 3.05) is 6.61 Å². The minimum absolute atomic E-state index is 0.0392. The summed E-state index contributed by atoms with van der Waals surface area (Å²) >= 11 is 0. The van der Waals surface area contributed by atoms with Crippen LogP contribution < -0.4 is 10.1 Å². The van der Waals surface area contributed by atoms with Crippen LogP contribution >= 0.6 is 0 Å². The Morgan fingerprint density at radius 1 is 1.32 bits per heavy atom. The van der Waals surface area contributed by atoms with Crippen LogP contribution in [0.4, 0.5) is 0 Å². The molecule has 1 aromatic rings. The van der Waals surface area contributed by atoms with E-state index in [1.807, 2.05) is 39.0 Å². The first kappa shape index (κ1) is 22.2. The number of carboxylic acids is 1. The molecule has 0 spiro atoms. The second-order valence-electron chi connectivity index (χ2n) is 9.11. The van der Waals surface area contributed by atoms with Crippen LogP contribution in [0.2, 0.25) is 0 Å². The average Bonchev–Trinajstić information content (AvgIpc) is 2.59. The fourth-order valence-electron chi connectivity index (χ4n) is 3.64. The first-order valence-corrected chi connectivity index (χ1v) is 9.79. The van der Waals surface area contributed by atoms with Crippen LogP contribution in [0, 0.1) is 5.41 Å². The van der Waals surface area contributed by atoms with E-state index >= 15 is 0 Å². The van der Waals surface area contributed by atoms with Crippen LogP contribution in [-0.4, -0.2) is 41.3 Å². The number of rotatable bonds is 7. The van der Waals surface area contributed by atoms with Gasteiger partial charge >= 0.3 is 5.97 Å². The number of hydrogen-bond acceptors (Lipinski definition) is 4. The van der Waals surface area contributed by atoms with Gasteiger partial charge in [0.2, 0.25) is 0 Å². The van der Waals surface area contributed by atoms with Crippen LogP contribution in [-0.2, 0) is 19.7 Å². The average molecular weight is 392 g/mol. The zero-order valence-corrected chi connectivity index (χ0v) is 18.0. The Bertz CT molecular complexity index is 737. The quantitative estimate of drug-likeness (QED) is 0.743. The van der Waals surface area contributed by atoms with E-state index in [9.17, 15) is 14.7 Å². The van der Waals surface area contributed by atoms with E-state index in [1.165, 1.54) is 0 Å². The SMILES string of the molecule is CCOC1CC(NC(=O)C(C)Oc2cccc(C(C)(C)C)c2)(C(=O)O)C1(C)C. The third-order valence-corrected chi connectivity index (χ3v) is 5.85. The van der Waals surface area contributed by atoms with Gasteiger partial charge < -0.3 is 19.9 Å². The van der Waals surface area contributed by atoms with Gasteiger partial charge in [-0.25, -0.2) is 4.79 Å². The zero-order valence-electron chi connectivity index (χ0n) is 18.0. The predicted molar refractivity (Wildman–Crippen MR) is 108 cm³/mol. The summed E-state index contributed by atoms with van der Waals surface area (Å²) in [5, 5.41) is 12.6. The molecule has 1 aliphatic rings. The zero-order chi connectivity index (χ0) is 21.3. The van der Waals surface area contributed by atoms with Crippen molar-refractivity contribution in [2.45, 2.75) is 78.0 Å². The van der Waals surface area contributed by atoms with Crippen molar-refractivity contribution in [1.29, 1.82) is 0 Å².